The van der Waals surface area contributed by atoms with Crippen LogP contribution >= 0.6 is 11.8 Å². The third-order valence-electron chi connectivity index (χ3n) is 6.79. The molecule has 0 radical (unpaired) electrons. The number of ether oxygens (including phenoxy) is 2. The van der Waals surface area contributed by atoms with Crippen molar-refractivity contribution in [3.8, 4) is 0 Å². The van der Waals surface area contributed by atoms with Gasteiger partial charge >= 0.3 is 11.9 Å². The van der Waals surface area contributed by atoms with Gasteiger partial charge in [0.15, 0.2) is 6.29 Å². The smallest absolute Gasteiger partial charge is 0.310 e. The van der Waals surface area contributed by atoms with E-state index in [1.165, 1.54) is 38.1 Å². The number of sulfonamides is 1. The van der Waals surface area contributed by atoms with Crippen molar-refractivity contribution < 1.29 is 32.3 Å². The molecular formula is C28H35N3O7S2. The number of nitrogens with zero attached hydrogens (tertiary/aromatic N) is 1. The summed E-state index contributed by atoms with van der Waals surface area (Å²) in [5.74, 6) is -1.03. The first-order valence-corrected chi connectivity index (χ1v) is 15.3. The molecular weight excluding hydrogens is 554 g/mol. The van der Waals surface area contributed by atoms with Gasteiger partial charge in [-0.1, -0.05) is 31.5 Å². The highest BCUT2D eigenvalue weighted by Crippen LogP contribution is 2.44. The van der Waals surface area contributed by atoms with Crippen molar-refractivity contribution in [3.63, 3.8) is 0 Å². The number of rotatable bonds is 11. The lowest BCUT2D eigenvalue weighted by molar-refractivity contribution is -0.140. The summed E-state index contributed by atoms with van der Waals surface area (Å²) in [6, 6.07) is 6.49. The van der Waals surface area contributed by atoms with Gasteiger partial charge in [0.25, 0.3) is 0 Å². The van der Waals surface area contributed by atoms with Gasteiger partial charge in [0.05, 0.1) is 42.0 Å². The van der Waals surface area contributed by atoms with E-state index in [0.29, 0.717) is 40.8 Å². The van der Waals surface area contributed by atoms with Crippen molar-refractivity contribution in [1.29, 1.82) is 0 Å². The third kappa shape index (κ3) is 7.10. The number of methoxy groups -OCH3 is 2. The van der Waals surface area contributed by atoms with E-state index in [4.69, 9.17) is 14.5 Å². The van der Waals surface area contributed by atoms with Crippen LogP contribution in [0, 0.1) is 12.3 Å². The molecule has 0 aliphatic carbocycles. The number of nitrogens with one attached hydrogen (secondary N) is 2. The van der Waals surface area contributed by atoms with E-state index < -0.39 is 27.4 Å². The zero-order valence-corrected chi connectivity index (χ0v) is 25.2. The summed E-state index contributed by atoms with van der Waals surface area (Å²) in [5.41, 5.74) is 3.07. The quantitative estimate of drug-likeness (QED) is 0.297. The Balaban J connectivity index is 2.22. The first-order chi connectivity index (χ1) is 18.9. The molecule has 216 valence electrons. The number of esters is 2. The zero-order chi connectivity index (χ0) is 29.7. The monoisotopic (exact) mass is 589 g/mol. The molecule has 1 aromatic carbocycles. The van der Waals surface area contributed by atoms with Gasteiger partial charge in [0.2, 0.25) is 10.0 Å². The third-order valence-corrected chi connectivity index (χ3v) is 8.91. The second-order valence-electron chi connectivity index (χ2n) is 10.1. The average molecular weight is 590 g/mol. The summed E-state index contributed by atoms with van der Waals surface area (Å²) in [4.78, 5) is 44.6. The van der Waals surface area contributed by atoms with E-state index in [2.05, 4.69) is 9.71 Å². The van der Waals surface area contributed by atoms with Crippen molar-refractivity contribution in [2.45, 2.75) is 51.3 Å². The number of thioether (sulfide) groups is 1. The lowest BCUT2D eigenvalue weighted by atomic mass is 9.84. The summed E-state index contributed by atoms with van der Waals surface area (Å²) < 4.78 is 38.9. The van der Waals surface area contributed by atoms with Crippen molar-refractivity contribution in [2.24, 2.45) is 10.4 Å². The molecule has 10 nitrogen and oxygen atoms in total. The van der Waals surface area contributed by atoms with E-state index in [9.17, 15) is 22.8 Å². The van der Waals surface area contributed by atoms with Gasteiger partial charge in [0.1, 0.15) is 0 Å². The number of aryl methyl sites for hydroxylation is 1. The SMILES string of the molecule is COC(=O)CCc1c(C=O)[nH]c(/C(CNS(=O)(=O)c2ccc(C)cc2)=C2\N=C(SC)CC2(C)C)c1CC(=O)OC. The largest absolute Gasteiger partial charge is 0.469 e. The fourth-order valence-electron chi connectivity index (χ4n) is 4.61. The van der Waals surface area contributed by atoms with Crippen molar-refractivity contribution >= 4 is 50.6 Å². The number of aromatic nitrogens is 1. The minimum Gasteiger partial charge on any atom is -0.469 e. The second kappa shape index (κ2) is 13.0. The fourth-order valence-corrected chi connectivity index (χ4v) is 6.30. The normalized spacial score (nSPS) is 15.9. The molecule has 1 aromatic heterocycles. The highest BCUT2D eigenvalue weighted by atomic mass is 32.2. The minimum atomic E-state index is -3.91. The van der Waals surface area contributed by atoms with Crippen molar-refractivity contribution in [1.82, 2.24) is 9.71 Å². The topological polar surface area (TPSA) is 144 Å². The maximum Gasteiger partial charge on any atom is 0.310 e. The Hall–Kier alpha value is -3.22. The first kappa shape index (κ1) is 31.3. The molecule has 2 aromatic rings. The maximum atomic E-state index is 13.3. The van der Waals surface area contributed by atoms with Crippen LogP contribution in [0.4, 0.5) is 0 Å². The Morgan fingerprint density at radius 2 is 1.77 bits per heavy atom. The average Bonchev–Trinajstić information content (AvgIpc) is 3.43. The van der Waals surface area contributed by atoms with Gasteiger partial charge in [-0.05, 0) is 42.9 Å². The number of hydrogen-bond acceptors (Lipinski definition) is 9. The number of allylic oxidation sites excluding steroid dienone is 1. The summed E-state index contributed by atoms with van der Waals surface area (Å²) in [6.07, 6.45) is 3.09. The van der Waals surface area contributed by atoms with E-state index in [1.807, 2.05) is 27.0 Å². The molecule has 0 spiro atoms. The van der Waals surface area contributed by atoms with Crippen molar-refractivity contribution in [2.75, 3.05) is 27.0 Å². The van der Waals surface area contributed by atoms with Crippen LogP contribution in [-0.4, -0.2) is 63.7 Å². The molecule has 40 heavy (non-hydrogen) atoms. The molecule has 12 heteroatoms. The molecule has 1 aliphatic heterocycles. The Labute approximate surface area is 239 Å². The van der Waals surface area contributed by atoms with Gasteiger partial charge in [-0.15, -0.1) is 11.8 Å². The maximum absolute atomic E-state index is 13.3. The van der Waals surface area contributed by atoms with Crippen LogP contribution in [0.25, 0.3) is 5.57 Å². The zero-order valence-electron chi connectivity index (χ0n) is 23.5. The Kier molecular flexibility index (Phi) is 10.1. The second-order valence-corrected chi connectivity index (χ2v) is 12.7. The van der Waals surface area contributed by atoms with E-state index >= 15 is 0 Å². The summed E-state index contributed by atoms with van der Waals surface area (Å²) in [6.45, 7) is 5.71. The number of aliphatic imine (C=N–C) groups is 1. The highest BCUT2D eigenvalue weighted by Gasteiger charge is 2.36. The molecule has 0 saturated heterocycles. The number of carbonyl (C=O) groups is 3. The number of aldehydes is 1. The number of hydrogen-bond donors (Lipinski definition) is 2. The molecule has 0 amide bonds. The summed E-state index contributed by atoms with van der Waals surface area (Å²) >= 11 is 1.50. The Morgan fingerprint density at radius 1 is 1.12 bits per heavy atom. The molecule has 2 heterocycles. The summed E-state index contributed by atoms with van der Waals surface area (Å²) in [5, 5.41) is 0.876. The molecule has 0 saturated carbocycles. The Morgan fingerprint density at radius 3 is 2.33 bits per heavy atom. The van der Waals surface area contributed by atoms with Crippen LogP contribution in [0.3, 0.4) is 0 Å². The minimum absolute atomic E-state index is 0.0188. The van der Waals surface area contributed by atoms with Crippen LogP contribution in [0.15, 0.2) is 39.9 Å². The van der Waals surface area contributed by atoms with Crippen LogP contribution in [0.5, 0.6) is 0 Å². The van der Waals surface area contributed by atoms with Gasteiger partial charge in [-0.25, -0.2) is 18.1 Å². The number of H-pyrrole nitrogens is 1. The van der Waals surface area contributed by atoms with Crippen LogP contribution in [0.1, 0.15) is 59.6 Å². The predicted octanol–water partition coefficient (Wildman–Crippen LogP) is 3.84. The first-order valence-electron chi connectivity index (χ1n) is 12.6. The number of benzene rings is 1. The van der Waals surface area contributed by atoms with Crippen molar-refractivity contribution in [3.05, 3.63) is 58.0 Å². The molecule has 0 bridgehead atoms. The van der Waals surface area contributed by atoms with E-state index in [1.54, 1.807) is 12.1 Å². The Bertz CT molecular complexity index is 1450. The summed E-state index contributed by atoms with van der Waals surface area (Å²) in [7, 11) is -1.39. The van der Waals surface area contributed by atoms with Gasteiger partial charge in [-0.2, -0.15) is 0 Å². The number of carbonyl (C=O) groups excluding carboxylic acids is 3. The molecule has 1 aliphatic rings. The molecule has 2 N–H and O–H groups in total. The van der Waals surface area contributed by atoms with E-state index in [-0.39, 0.29) is 36.4 Å². The van der Waals surface area contributed by atoms with E-state index in [0.717, 1.165) is 10.6 Å². The molecule has 0 unspecified atom stereocenters. The van der Waals surface area contributed by atoms with Crippen LogP contribution in [0.2, 0.25) is 0 Å². The molecule has 0 fully saturated rings. The lowest BCUT2D eigenvalue weighted by Crippen LogP contribution is -2.27. The van der Waals surface area contributed by atoms with Gasteiger partial charge in [-0.3, -0.25) is 14.4 Å². The van der Waals surface area contributed by atoms with Gasteiger partial charge in [0, 0.05) is 36.1 Å². The van der Waals surface area contributed by atoms with Crippen LogP contribution in [-0.2, 0) is 41.9 Å². The van der Waals surface area contributed by atoms with Crippen LogP contribution < -0.4 is 4.72 Å². The van der Waals surface area contributed by atoms with Gasteiger partial charge < -0.3 is 14.5 Å². The fraction of sp³-hybridized carbons (Fsp3) is 0.429. The molecule has 3 rings (SSSR count). The predicted molar refractivity (Wildman–Crippen MR) is 155 cm³/mol. The standard InChI is InChI=1S/C28H35N3O7S2/c1-17-7-9-18(10-8-17)40(35,36)29-15-21(27-28(2,3)14-23(31-27)39-6)26-20(13-25(34)38-5)19(22(16-32)30-26)11-12-24(33)37-4/h7-10,16,29-30H,11-15H2,1-6H3/b27-21-. The highest BCUT2D eigenvalue weighted by molar-refractivity contribution is 8.13. The lowest BCUT2D eigenvalue weighted by Gasteiger charge is -2.23. The number of aromatic amines is 1. The molecule has 0 atom stereocenters.